The highest BCUT2D eigenvalue weighted by Gasteiger charge is 2.38. The summed E-state index contributed by atoms with van der Waals surface area (Å²) in [5.41, 5.74) is 0.885. The molecule has 1 saturated carbocycles. The number of methoxy groups -OCH3 is 1. The fourth-order valence-electron chi connectivity index (χ4n) is 3.58. The molecule has 25 heavy (non-hydrogen) atoms. The zero-order valence-corrected chi connectivity index (χ0v) is 14.1. The van der Waals surface area contributed by atoms with Crippen molar-refractivity contribution in [3.8, 4) is 5.75 Å². The Balaban J connectivity index is 1.78. The maximum absolute atomic E-state index is 12.3. The van der Waals surface area contributed by atoms with Gasteiger partial charge in [0.15, 0.2) is 5.76 Å². The van der Waals surface area contributed by atoms with Gasteiger partial charge in [0, 0.05) is 23.6 Å². The molecule has 1 amide bonds. The summed E-state index contributed by atoms with van der Waals surface area (Å²) in [6.07, 6.45) is 5.19. The quantitative estimate of drug-likeness (QED) is 0.840. The maximum atomic E-state index is 12.3. The van der Waals surface area contributed by atoms with Gasteiger partial charge in [-0.15, -0.1) is 0 Å². The second kappa shape index (κ2) is 7.01. The van der Waals surface area contributed by atoms with Gasteiger partial charge < -0.3 is 19.6 Å². The molecule has 6 heteroatoms. The number of carbonyl (C=O) groups is 2. The van der Waals surface area contributed by atoms with Gasteiger partial charge in [-0.2, -0.15) is 0 Å². The van der Waals surface area contributed by atoms with Crippen LogP contribution in [0.4, 0.5) is 0 Å². The van der Waals surface area contributed by atoms with Gasteiger partial charge >= 0.3 is 5.97 Å². The Hall–Kier alpha value is -2.76. The molecule has 0 spiro atoms. The summed E-state index contributed by atoms with van der Waals surface area (Å²) in [6.45, 7) is 0.454. The lowest BCUT2D eigenvalue weighted by molar-refractivity contribution is 0.0696. The zero-order chi connectivity index (χ0) is 17.9. The average molecular weight is 343 g/mol. The molecule has 0 saturated heterocycles. The van der Waals surface area contributed by atoms with E-state index in [1.807, 2.05) is 24.3 Å². The number of ether oxygens (including phenoxy) is 1. The molecule has 1 aromatic heterocycles. The highest BCUT2D eigenvalue weighted by molar-refractivity contribution is 5.95. The van der Waals surface area contributed by atoms with Crippen LogP contribution in [0, 0.1) is 0 Å². The van der Waals surface area contributed by atoms with E-state index >= 15 is 0 Å². The highest BCUT2D eigenvalue weighted by atomic mass is 16.5. The molecule has 1 fully saturated rings. The van der Waals surface area contributed by atoms with Crippen LogP contribution in [-0.2, 0) is 5.41 Å². The smallest absolute Gasteiger partial charge is 0.338 e. The van der Waals surface area contributed by atoms with Crippen LogP contribution in [0.15, 0.2) is 41.0 Å². The molecule has 1 aromatic carbocycles. The predicted octanol–water partition coefficient (Wildman–Crippen LogP) is 3.23. The minimum Gasteiger partial charge on any atom is -0.496 e. The lowest BCUT2D eigenvalue weighted by Crippen LogP contribution is -2.39. The zero-order valence-electron chi connectivity index (χ0n) is 14.1. The lowest BCUT2D eigenvalue weighted by atomic mass is 9.78. The molecule has 3 rings (SSSR count). The number of carboxylic acids is 1. The third-order valence-corrected chi connectivity index (χ3v) is 4.90. The third-order valence-electron chi connectivity index (χ3n) is 4.90. The fraction of sp³-hybridized carbons (Fsp3) is 0.368. The number of benzene rings is 1. The van der Waals surface area contributed by atoms with Gasteiger partial charge in [-0.3, -0.25) is 4.79 Å². The largest absolute Gasteiger partial charge is 0.496 e. The van der Waals surface area contributed by atoms with Crippen molar-refractivity contribution in [2.75, 3.05) is 13.7 Å². The number of furan rings is 1. The van der Waals surface area contributed by atoms with Crippen LogP contribution >= 0.6 is 0 Å². The summed E-state index contributed by atoms with van der Waals surface area (Å²) >= 11 is 0. The van der Waals surface area contributed by atoms with Crippen LogP contribution in [0.5, 0.6) is 5.75 Å². The number of carbonyl (C=O) groups excluding carboxylic acids is 1. The molecule has 0 atom stereocenters. The van der Waals surface area contributed by atoms with E-state index in [4.69, 9.17) is 14.3 Å². The summed E-state index contributed by atoms with van der Waals surface area (Å²) in [7, 11) is 1.65. The molecular weight excluding hydrogens is 322 g/mol. The topological polar surface area (TPSA) is 88.8 Å². The van der Waals surface area contributed by atoms with Gasteiger partial charge in [-0.25, -0.2) is 4.79 Å². The van der Waals surface area contributed by atoms with Crippen molar-refractivity contribution in [2.45, 2.75) is 31.1 Å². The summed E-state index contributed by atoms with van der Waals surface area (Å²) in [6, 6.07) is 9.13. The molecule has 0 unspecified atom stereocenters. The molecule has 6 nitrogen and oxygen atoms in total. The predicted molar refractivity (Wildman–Crippen MR) is 91.1 cm³/mol. The van der Waals surface area contributed by atoms with Crippen molar-refractivity contribution in [3.63, 3.8) is 0 Å². The number of amides is 1. The Labute approximate surface area is 145 Å². The first-order chi connectivity index (χ1) is 12.1. The van der Waals surface area contributed by atoms with Crippen molar-refractivity contribution >= 4 is 11.9 Å². The summed E-state index contributed by atoms with van der Waals surface area (Å²) in [5, 5.41) is 11.8. The molecular formula is C19H21NO5. The van der Waals surface area contributed by atoms with E-state index in [0.29, 0.717) is 6.54 Å². The Bertz CT molecular complexity index is 774. The minimum absolute atomic E-state index is 0.00516. The van der Waals surface area contributed by atoms with Crippen LogP contribution < -0.4 is 10.1 Å². The number of hydrogen-bond donors (Lipinski definition) is 2. The van der Waals surface area contributed by atoms with Crippen LogP contribution in [-0.4, -0.2) is 30.6 Å². The van der Waals surface area contributed by atoms with E-state index in [1.165, 1.54) is 6.07 Å². The van der Waals surface area contributed by atoms with Crippen LogP contribution in [0.1, 0.15) is 52.2 Å². The number of hydrogen-bond acceptors (Lipinski definition) is 4. The van der Waals surface area contributed by atoms with Crippen LogP contribution in [0.25, 0.3) is 0 Å². The number of carboxylic acid groups (broad SMARTS) is 1. The summed E-state index contributed by atoms with van der Waals surface area (Å²) in [4.78, 5) is 23.2. The minimum atomic E-state index is -1.12. The summed E-state index contributed by atoms with van der Waals surface area (Å²) in [5.74, 6) is -0.701. The van der Waals surface area contributed by atoms with Gasteiger partial charge in [-0.1, -0.05) is 31.0 Å². The van der Waals surface area contributed by atoms with E-state index < -0.39 is 11.9 Å². The third kappa shape index (κ3) is 3.38. The Morgan fingerprint density at radius 3 is 2.64 bits per heavy atom. The number of para-hydroxylation sites is 1. The first-order valence-corrected chi connectivity index (χ1v) is 8.29. The number of nitrogens with one attached hydrogen (secondary N) is 1. The Morgan fingerprint density at radius 1 is 1.28 bits per heavy atom. The molecule has 2 aromatic rings. The van der Waals surface area contributed by atoms with Crippen molar-refractivity contribution < 1.29 is 23.8 Å². The molecule has 2 N–H and O–H groups in total. The Kier molecular flexibility index (Phi) is 4.79. The molecule has 132 valence electrons. The summed E-state index contributed by atoms with van der Waals surface area (Å²) < 4.78 is 10.6. The van der Waals surface area contributed by atoms with Gasteiger partial charge in [0.2, 0.25) is 0 Å². The highest BCUT2D eigenvalue weighted by Crippen LogP contribution is 2.44. The Morgan fingerprint density at radius 2 is 2.00 bits per heavy atom. The first kappa shape index (κ1) is 17.1. The molecule has 1 heterocycles. The molecule has 0 radical (unpaired) electrons. The standard InChI is InChI=1S/C19H21NO5/c1-24-15-7-3-2-6-14(15)19(8-4-5-9-19)12-20-17(21)16-10-13(11-25-16)18(22)23/h2-3,6-7,10-11H,4-5,8-9,12H2,1H3,(H,20,21)(H,22,23). The van der Waals surface area contributed by atoms with E-state index in [0.717, 1.165) is 43.3 Å². The van der Waals surface area contributed by atoms with E-state index in [9.17, 15) is 9.59 Å². The van der Waals surface area contributed by atoms with Crippen LogP contribution in [0.2, 0.25) is 0 Å². The van der Waals surface area contributed by atoms with E-state index in [-0.39, 0.29) is 16.7 Å². The molecule has 1 aliphatic rings. The van der Waals surface area contributed by atoms with E-state index in [1.54, 1.807) is 7.11 Å². The van der Waals surface area contributed by atoms with Gasteiger partial charge in [0.1, 0.15) is 12.0 Å². The van der Waals surface area contributed by atoms with Crippen molar-refractivity contribution in [2.24, 2.45) is 0 Å². The van der Waals surface area contributed by atoms with Crippen molar-refractivity contribution in [1.29, 1.82) is 0 Å². The second-order valence-corrected chi connectivity index (χ2v) is 6.38. The maximum Gasteiger partial charge on any atom is 0.338 e. The monoisotopic (exact) mass is 343 g/mol. The van der Waals surface area contributed by atoms with E-state index in [2.05, 4.69) is 5.32 Å². The average Bonchev–Trinajstić information content (AvgIpc) is 3.30. The van der Waals surface area contributed by atoms with Gasteiger partial charge in [0.05, 0.1) is 12.7 Å². The van der Waals surface area contributed by atoms with Crippen molar-refractivity contribution in [3.05, 3.63) is 53.5 Å². The first-order valence-electron chi connectivity index (χ1n) is 8.29. The molecule has 1 aliphatic carbocycles. The fourth-order valence-corrected chi connectivity index (χ4v) is 3.58. The van der Waals surface area contributed by atoms with Gasteiger partial charge in [0.25, 0.3) is 5.91 Å². The number of rotatable bonds is 6. The molecule has 0 bridgehead atoms. The lowest BCUT2D eigenvalue weighted by Gasteiger charge is -2.31. The molecule has 0 aliphatic heterocycles. The normalized spacial score (nSPS) is 15.7. The second-order valence-electron chi connectivity index (χ2n) is 6.38. The van der Waals surface area contributed by atoms with Crippen LogP contribution in [0.3, 0.4) is 0 Å². The van der Waals surface area contributed by atoms with Crippen molar-refractivity contribution in [1.82, 2.24) is 5.32 Å². The van der Waals surface area contributed by atoms with Gasteiger partial charge in [-0.05, 0) is 18.9 Å². The SMILES string of the molecule is COc1ccccc1C1(CNC(=O)c2cc(C(=O)O)co2)CCCC1. The number of aromatic carboxylic acids is 1.